The number of aliphatic hydroxyl groups is 1. The second-order valence-corrected chi connectivity index (χ2v) is 5.27. The van der Waals surface area contributed by atoms with Crippen LogP contribution in [-0.2, 0) is 13.5 Å². The summed E-state index contributed by atoms with van der Waals surface area (Å²) >= 11 is 3.38. The lowest BCUT2D eigenvalue weighted by Gasteiger charge is -2.13. The Morgan fingerprint density at radius 3 is 2.94 bits per heavy atom. The van der Waals surface area contributed by atoms with Gasteiger partial charge in [0.2, 0.25) is 0 Å². The fraction of sp³-hybridized carbons (Fsp3) is 0.308. The van der Waals surface area contributed by atoms with Gasteiger partial charge in [-0.05, 0) is 36.6 Å². The van der Waals surface area contributed by atoms with Crippen molar-refractivity contribution in [1.82, 2.24) is 9.78 Å². The Morgan fingerprint density at radius 2 is 2.28 bits per heavy atom. The number of aromatic nitrogens is 2. The van der Waals surface area contributed by atoms with Gasteiger partial charge in [-0.15, -0.1) is 0 Å². The monoisotopic (exact) mass is 309 g/mol. The molecule has 0 aliphatic rings. The SMILES string of the molecule is Cn1cc(CCC(O)c2cc(Br)ccc2N)cn1. The highest BCUT2D eigenvalue weighted by Gasteiger charge is 2.12. The molecular formula is C13H16BrN3O. The van der Waals surface area contributed by atoms with Crippen molar-refractivity contribution in [3.8, 4) is 0 Å². The maximum atomic E-state index is 10.2. The number of nitrogens with two attached hydrogens (primary N) is 1. The maximum absolute atomic E-state index is 10.2. The molecule has 0 saturated carbocycles. The first-order valence-corrected chi connectivity index (χ1v) is 6.56. The molecule has 5 heteroatoms. The van der Waals surface area contributed by atoms with E-state index in [-0.39, 0.29) is 0 Å². The molecule has 2 aromatic rings. The van der Waals surface area contributed by atoms with Gasteiger partial charge in [0.15, 0.2) is 0 Å². The average molecular weight is 310 g/mol. The summed E-state index contributed by atoms with van der Waals surface area (Å²) in [5.41, 5.74) is 8.38. The molecule has 18 heavy (non-hydrogen) atoms. The van der Waals surface area contributed by atoms with Gasteiger partial charge in [0.25, 0.3) is 0 Å². The Morgan fingerprint density at radius 1 is 1.50 bits per heavy atom. The number of anilines is 1. The highest BCUT2D eigenvalue weighted by Crippen LogP contribution is 2.27. The first kappa shape index (κ1) is 13.1. The second kappa shape index (κ2) is 5.54. The molecule has 0 amide bonds. The molecule has 96 valence electrons. The van der Waals surface area contributed by atoms with Crippen LogP contribution in [0.3, 0.4) is 0 Å². The largest absolute Gasteiger partial charge is 0.398 e. The van der Waals surface area contributed by atoms with E-state index in [0.717, 1.165) is 22.0 Å². The fourth-order valence-corrected chi connectivity index (χ4v) is 2.27. The van der Waals surface area contributed by atoms with Crippen LogP contribution in [0.15, 0.2) is 35.1 Å². The van der Waals surface area contributed by atoms with Crippen LogP contribution < -0.4 is 5.73 Å². The number of hydrogen-bond acceptors (Lipinski definition) is 3. The van der Waals surface area contributed by atoms with E-state index in [0.29, 0.717) is 12.1 Å². The molecule has 0 saturated heterocycles. The number of aryl methyl sites for hydroxylation is 2. The van der Waals surface area contributed by atoms with E-state index in [4.69, 9.17) is 5.73 Å². The third-order valence-electron chi connectivity index (χ3n) is 2.87. The van der Waals surface area contributed by atoms with Crippen molar-refractivity contribution < 1.29 is 5.11 Å². The molecule has 3 N–H and O–H groups in total. The topological polar surface area (TPSA) is 64.1 Å². The van der Waals surface area contributed by atoms with Crippen LogP contribution in [0.25, 0.3) is 0 Å². The van der Waals surface area contributed by atoms with Crippen LogP contribution in [0.4, 0.5) is 5.69 Å². The van der Waals surface area contributed by atoms with E-state index in [2.05, 4.69) is 21.0 Å². The molecule has 0 aliphatic heterocycles. The third kappa shape index (κ3) is 3.11. The van der Waals surface area contributed by atoms with Gasteiger partial charge in [-0.25, -0.2) is 0 Å². The van der Waals surface area contributed by atoms with Crippen molar-refractivity contribution in [2.75, 3.05) is 5.73 Å². The Kier molecular flexibility index (Phi) is 4.04. The van der Waals surface area contributed by atoms with Gasteiger partial charge in [-0.2, -0.15) is 5.10 Å². The molecule has 4 nitrogen and oxygen atoms in total. The van der Waals surface area contributed by atoms with Crippen molar-refractivity contribution in [2.24, 2.45) is 7.05 Å². The van der Waals surface area contributed by atoms with Gasteiger partial charge < -0.3 is 10.8 Å². The molecule has 1 unspecified atom stereocenters. The van der Waals surface area contributed by atoms with Crippen LogP contribution in [0.2, 0.25) is 0 Å². The summed E-state index contributed by atoms with van der Waals surface area (Å²) < 4.78 is 2.68. The highest BCUT2D eigenvalue weighted by atomic mass is 79.9. The summed E-state index contributed by atoms with van der Waals surface area (Å²) in [7, 11) is 1.88. The first-order valence-electron chi connectivity index (χ1n) is 5.77. The van der Waals surface area contributed by atoms with Crippen molar-refractivity contribution in [2.45, 2.75) is 18.9 Å². The van der Waals surface area contributed by atoms with Crippen molar-refractivity contribution >= 4 is 21.6 Å². The normalized spacial score (nSPS) is 12.6. The number of halogens is 1. The second-order valence-electron chi connectivity index (χ2n) is 4.35. The Labute approximate surface area is 115 Å². The predicted octanol–water partition coefficient (Wildman–Crippen LogP) is 2.43. The van der Waals surface area contributed by atoms with Gasteiger partial charge in [0.05, 0.1) is 12.3 Å². The zero-order valence-electron chi connectivity index (χ0n) is 10.2. The van der Waals surface area contributed by atoms with Gasteiger partial charge in [0.1, 0.15) is 0 Å². The fourth-order valence-electron chi connectivity index (χ4n) is 1.89. The van der Waals surface area contributed by atoms with Crippen LogP contribution in [0.5, 0.6) is 0 Å². The van der Waals surface area contributed by atoms with E-state index in [1.54, 1.807) is 10.7 Å². The van der Waals surface area contributed by atoms with Gasteiger partial charge in [-0.3, -0.25) is 4.68 Å². The standard InChI is InChI=1S/C13H16BrN3O/c1-17-8-9(7-16-17)2-5-13(18)11-6-10(14)3-4-12(11)15/h3-4,6-8,13,18H,2,5,15H2,1H3. The molecule has 0 fully saturated rings. The number of nitrogen functional groups attached to an aromatic ring is 1. The summed E-state index contributed by atoms with van der Waals surface area (Å²) in [6, 6.07) is 5.53. The lowest BCUT2D eigenvalue weighted by atomic mass is 10.0. The molecular weight excluding hydrogens is 294 g/mol. The van der Waals surface area contributed by atoms with Gasteiger partial charge >= 0.3 is 0 Å². The highest BCUT2D eigenvalue weighted by molar-refractivity contribution is 9.10. The van der Waals surface area contributed by atoms with Crippen LogP contribution in [0.1, 0.15) is 23.7 Å². The molecule has 1 aromatic heterocycles. The number of aliphatic hydroxyl groups excluding tert-OH is 1. The minimum absolute atomic E-state index is 0.553. The summed E-state index contributed by atoms with van der Waals surface area (Å²) in [6.07, 6.45) is 4.63. The first-order chi connectivity index (χ1) is 8.56. The molecule has 0 radical (unpaired) electrons. The molecule has 1 atom stereocenters. The van der Waals surface area contributed by atoms with E-state index in [9.17, 15) is 5.11 Å². The van der Waals surface area contributed by atoms with Crippen LogP contribution >= 0.6 is 15.9 Å². The smallest absolute Gasteiger partial charge is 0.0813 e. The van der Waals surface area contributed by atoms with Crippen molar-refractivity contribution in [3.05, 3.63) is 46.2 Å². The summed E-state index contributed by atoms with van der Waals surface area (Å²) in [5.74, 6) is 0. The zero-order valence-corrected chi connectivity index (χ0v) is 11.8. The maximum Gasteiger partial charge on any atom is 0.0813 e. The number of rotatable bonds is 4. The average Bonchev–Trinajstić information content (AvgIpc) is 2.75. The molecule has 0 spiro atoms. The minimum Gasteiger partial charge on any atom is -0.398 e. The molecule has 0 aliphatic carbocycles. The van der Waals surface area contributed by atoms with E-state index in [1.165, 1.54) is 0 Å². The summed E-state index contributed by atoms with van der Waals surface area (Å²) in [4.78, 5) is 0. The Hall–Kier alpha value is -1.33. The molecule has 1 heterocycles. The van der Waals surface area contributed by atoms with Crippen molar-refractivity contribution in [1.29, 1.82) is 0 Å². The van der Waals surface area contributed by atoms with E-state index >= 15 is 0 Å². The lowest BCUT2D eigenvalue weighted by Crippen LogP contribution is -2.03. The van der Waals surface area contributed by atoms with E-state index in [1.807, 2.05) is 31.6 Å². The Balaban J connectivity index is 2.03. The van der Waals surface area contributed by atoms with Crippen LogP contribution in [0, 0.1) is 0 Å². The van der Waals surface area contributed by atoms with Gasteiger partial charge in [-0.1, -0.05) is 15.9 Å². The minimum atomic E-state index is -0.553. The third-order valence-corrected chi connectivity index (χ3v) is 3.37. The number of hydrogen-bond donors (Lipinski definition) is 2. The lowest BCUT2D eigenvalue weighted by molar-refractivity contribution is 0.168. The number of benzene rings is 1. The van der Waals surface area contributed by atoms with Gasteiger partial charge in [0, 0.05) is 29.0 Å². The molecule has 0 bridgehead atoms. The molecule has 1 aromatic carbocycles. The summed E-state index contributed by atoms with van der Waals surface area (Å²) in [6.45, 7) is 0. The zero-order chi connectivity index (χ0) is 13.1. The Bertz CT molecular complexity index is 539. The number of nitrogens with zero attached hydrogens (tertiary/aromatic N) is 2. The quantitative estimate of drug-likeness (QED) is 0.853. The van der Waals surface area contributed by atoms with E-state index < -0.39 is 6.10 Å². The molecule has 2 rings (SSSR count). The van der Waals surface area contributed by atoms with Crippen LogP contribution in [-0.4, -0.2) is 14.9 Å². The van der Waals surface area contributed by atoms with Crippen molar-refractivity contribution in [3.63, 3.8) is 0 Å². The predicted molar refractivity (Wildman–Crippen MR) is 75.0 cm³/mol. The summed E-state index contributed by atoms with van der Waals surface area (Å²) in [5, 5.41) is 14.3.